The van der Waals surface area contributed by atoms with E-state index < -0.39 is 0 Å². The molecule has 0 aliphatic heterocycles. The van der Waals surface area contributed by atoms with E-state index in [0.717, 1.165) is 27.8 Å². The molecule has 0 aliphatic rings. The number of carbonyl (C=O) groups excluding carboxylic acids is 1. The predicted octanol–water partition coefficient (Wildman–Crippen LogP) is 4.87. The predicted molar refractivity (Wildman–Crippen MR) is 102 cm³/mol. The van der Waals surface area contributed by atoms with Gasteiger partial charge in [0.15, 0.2) is 0 Å². The van der Waals surface area contributed by atoms with Gasteiger partial charge in [-0.3, -0.25) is 0 Å². The Morgan fingerprint density at radius 2 is 1.62 bits per heavy atom. The lowest BCUT2D eigenvalue weighted by atomic mass is 10.1. The van der Waals surface area contributed by atoms with Gasteiger partial charge in [0.1, 0.15) is 5.69 Å². The second-order valence-corrected chi connectivity index (χ2v) is 5.91. The van der Waals surface area contributed by atoms with Crippen LogP contribution in [-0.2, 0) is 4.74 Å². The smallest absolute Gasteiger partial charge is 0.338 e. The van der Waals surface area contributed by atoms with Gasteiger partial charge in [-0.1, -0.05) is 48.5 Å². The van der Waals surface area contributed by atoms with Crippen molar-refractivity contribution in [1.82, 2.24) is 9.78 Å². The molecular formula is C22H18N2O2. The zero-order valence-corrected chi connectivity index (χ0v) is 14.4. The summed E-state index contributed by atoms with van der Waals surface area (Å²) < 4.78 is 7.00. The normalized spacial score (nSPS) is 10.8. The average molecular weight is 342 g/mol. The number of nitrogens with zero attached hydrogens (tertiary/aromatic N) is 2. The largest absolute Gasteiger partial charge is 0.462 e. The van der Waals surface area contributed by atoms with Crippen molar-refractivity contribution in [2.75, 3.05) is 6.61 Å². The maximum atomic E-state index is 11.9. The van der Waals surface area contributed by atoms with Crippen molar-refractivity contribution in [3.63, 3.8) is 0 Å². The highest BCUT2D eigenvalue weighted by atomic mass is 16.5. The summed E-state index contributed by atoms with van der Waals surface area (Å²) in [4.78, 5) is 11.9. The summed E-state index contributed by atoms with van der Waals surface area (Å²) in [5.41, 5.74) is 4.45. The van der Waals surface area contributed by atoms with E-state index in [1.807, 2.05) is 59.3 Å². The number of hydrogen-bond acceptors (Lipinski definition) is 3. The zero-order chi connectivity index (χ0) is 17.9. The van der Waals surface area contributed by atoms with Crippen LogP contribution in [0.4, 0.5) is 0 Å². The van der Waals surface area contributed by atoms with Crippen LogP contribution in [-0.4, -0.2) is 22.4 Å². The van der Waals surface area contributed by atoms with E-state index >= 15 is 0 Å². The maximum Gasteiger partial charge on any atom is 0.338 e. The Balaban J connectivity index is 1.81. The summed E-state index contributed by atoms with van der Waals surface area (Å²) in [6.45, 7) is 2.17. The Morgan fingerprint density at radius 1 is 0.923 bits per heavy atom. The average Bonchev–Trinajstić information content (AvgIpc) is 3.09. The third-order valence-corrected chi connectivity index (χ3v) is 4.26. The lowest BCUT2D eigenvalue weighted by Gasteiger charge is -2.03. The molecule has 0 atom stereocenters. The van der Waals surface area contributed by atoms with Crippen LogP contribution in [0, 0.1) is 0 Å². The molecule has 1 heterocycles. The fourth-order valence-electron chi connectivity index (χ4n) is 3.02. The Morgan fingerprint density at radius 3 is 2.35 bits per heavy atom. The second kappa shape index (κ2) is 6.84. The first-order chi connectivity index (χ1) is 12.8. The number of rotatable bonds is 4. The van der Waals surface area contributed by atoms with Crippen molar-refractivity contribution in [2.24, 2.45) is 0 Å². The molecule has 0 saturated carbocycles. The Bertz CT molecular complexity index is 1050. The fraction of sp³-hybridized carbons (Fsp3) is 0.0909. The summed E-state index contributed by atoms with van der Waals surface area (Å²) >= 11 is 0. The molecule has 4 rings (SSSR count). The summed E-state index contributed by atoms with van der Waals surface area (Å²) in [6, 6.07) is 25.6. The van der Waals surface area contributed by atoms with Gasteiger partial charge in [-0.05, 0) is 37.3 Å². The third-order valence-electron chi connectivity index (χ3n) is 4.26. The molecule has 0 spiro atoms. The summed E-state index contributed by atoms with van der Waals surface area (Å²) in [6.07, 6.45) is 0. The number of fused-ring (bicyclic) bond motifs is 1. The number of carbonyl (C=O) groups is 1. The lowest BCUT2D eigenvalue weighted by Crippen LogP contribution is -2.04. The van der Waals surface area contributed by atoms with Gasteiger partial charge in [-0.25, -0.2) is 9.48 Å². The van der Waals surface area contributed by atoms with E-state index in [0.29, 0.717) is 12.2 Å². The first kappa shape index (κ1) is 16.1. The highest BCUT2D eigenvalue weighted by Crippen LogP contribution is 2.30. The summed E-state index contributed by atoms with van der Waals surface area (Å²) in [5, 5.41) is 5.91. The van der Waals surface area contributed by atoms with Gasteiger partial charge in [-0.15, -0.1) is 0 Å². The lowest BCUT2D eigenvalue weighted by molar-refractivity contribution is 0.0526. The van der Waals surface area contributed by atoms with Crippen molar-refractivity contribution < 1.29 is 9.53 Å². The van der Waals surface area contributed by atoms with Crippen molar-refractivity contribution in [2.45, 2.75) is 6.92 Å². The van der Waals surface area contributed by atoms with Crippen LogP contribution in [0.25, 0.3) is 27.8 Å². The third kappa shape index (κ3) is 2.86. The molecule has 26 heavy (non-hydrogen) atoms. The van der Waals surface area contributed by atoms with Gasteiger partial charge in [0.2, 0.25) is 0 Å². The van der Waals surface area contributed by atoms with E-state index in [1.165, 1.54) is 0 Å². The molecule has 4 nitrogen and oxygen atoms in total. The van der Waals surface area contributed by atoms with Gasteiger partial charge in [-0.2, -0.15) is 5.10 Å². The minimum Gasteiger partial charge on any atom is -0.462 e. The van der Waals surface area contributed by atoms with Crippen LogP contribution in [0.15, 0.2) is 78.9 Å². The topological polar surface area (TPSA) is 44.1 Å². The molecule has 1 aromatic heterocycles. The van der Waals surface area contributed by atoms with Crippen molar-refractivity contribution >= 4 is 16.9 Å². The minimum absolute atomic E-state index is 0.307. The fourth-order valence-corrected chi connectivity index (χ4v) is 3.02. The summed E-state index contributed by atoms with van der Waals surface area (Å²) in [5.74, 6) is -0.307. The van der Waals surface area contributed by atoms with Gasteiger partial charge in [0.05, 0.1) is 23.4 Å². The first-order valence-corrected chi connectivity index (χ1v) is 8.58. The van der Waals surface area contributed by atoms with E-state index in [1.54, 1.807) is 19.1 Å². The number of esters is 1. The molecule has 0 unspecified atom stereocenters. The van der Waals surface area contributed by atoms with Crippen molar-refractivity contribution in [3.05, 3.63) is 84.4 Å². The highest BCUT2D eigenvalue weighted by Gasteiger charge is 2.14. The number of hydrogen-bond donors (Lipinski definition) is 0. The van der Waals surface area contributed by atoms with Gasteiger partial charge >= 0.3 is 5.97 Å². The standard InChI is InChI=1S/C22H18N2O2/c1-2-26-22(25)17-14-12-16(13-15-17)21-19-10-6-7-11-20(19)24(23-21)18-8-4-3-5-9-18/h3-15H,2H2,1H3. The molecule has 0 radical (unpaired) electrons. The quantitative estimate of drug-likeness (QED) is 0.497. The molecule has 0 saturated heterocycles. The van der Waals surface area contributed by atoms with Gasteiger partial charge in [0.25, 0.3) is 0 Å². The van der Waals surface area contributed by atoms with E-state index in [-0.39, 0.29) is 5.97 Å². The molecule has 4 heteroatoms. The molecule has 0 aliphatic carbocycles. The molecule has 0 amide bonds. The molecule has 128 valence electrons. The first-order valence-electron chi connectivity index (χ1n) is 8.58. The van der Waals surface area contributed by atoms with Crippen molar-refractivity contribution in [1.29, 1.82) is 0 Å². The van der Waals surface area contributed by atoms with E-state index in [2.05, 4.69) is 12.1 Å². The summed E-state index contributed by atoms with van der Waals surface area (Å²) in [7, 11) is 0. The molecule has 0 bridgehead atoms. The van der Waals surface area contributed by atoms with Crippen LogP contribution in [0.2, 0.25) is 0 Å². The van der Waals surface area contributed by atoms with Crippen LogP contribution in [0.3, 0.4) is 0 Å². The number of benzene rings is 3. The Kier molecular flexibility index (Phi) is 4.23. The zero-order valence-electron chi connectivity index (χ0n) is 14.4. The van der Waals surface area contributed by atoms with Gasteiger partial charge < -0.3 is 4.74 Å². The maximum absolute atomic E-state index is 11.9. The molecular weight excluding hydrogens is 324 g/mol. The molecule has 0 fully saturated rings. The number of aromatic nitrogens is 2. The SMILES string of the molecule is CCOC(=O)c1ccc(-c2nn(-c3ccccc3)c3ccccc23)cc1. The number of para-hydroxylation sites is 2. The van der Waals surface area contributed by atoms with E-state index in [9.17, 15) is 4.79 Å². The van der Waals surface area contributed by atoms with Crippen LogP contribution < -0.4 is 0 Å². The molecule has 3 aromatic carbocycles. The monoisotopic (exact) mass is 342 g/mol. The van der Waals surface area contributed by atoms with E-state index in [4.69, 9.17) is 9.84 Å². The van der Waals surface area contributed by atoms with Crippen LogP contribution >= 0.6 is 0 Å². The highest BCUT2D eigenvalue weighted by molar-refractivity contribution is 5.95. The Labute approximate surface area is 151 Å². The molecule has 0 N–H and O–H groups in total. The number of ether oxygens (including phenoxy) is 1. The Hall–Kier alpha value is -3.40. The minimum atomic E-state index is -0.307. The molecule has 4 aromatic rings. The second-order valence-electron chi connectivity index (χ2n) is 5.91. The van der Waals surface area contributed by atoms with Crippen LogP contribution in [0.5, 0.6) is 0 Å². The van der Waals surface area contributed by atoms with Crippen molar-refractivity contribution in [3.8, 4) is 16.9 Å². The van der Waals surface area contributed by atoms with Gasteiger partial charge in [0, 0.05) is 10.9 Å². The van der Waals surface area contributed by atoms with Crippen LogP contribution in [0.1, 0.15) is 17.3 Å².